The molecule has 0 saturated carbocycles. The summed E-state index contributed by atoms with van der Waals surface area (Å²) in [6.45, 7) is 3.33. The zero-order chi connectivity index (χ0) is 25.4. The molecule has 0 fully saturated rings. The highest BCUT2D eigenvalue weighted by Crippen LogP contribution is 2.44. The molecular formula is C27H31N3O5. The fourth-order valence-corrected chi connectivity index (χ4v) is 4.19. The zero-order valence-corrected chi connectivity index (χ0v) is 20.0. The molecule has 2 aromatic carbocycles. The summed E-state index contributed by atoms with van der Waals surface area (Å²) in [7, 11) is 0. The normalized spacial score (nSPS) is 14.5. The second kappa shape index (κ2) is 11.5. The molecule has 0 saturated heterocycles. The van der Waals surface area contributed by atoms with Gasteiger partial charge in [0, 0.05) is 18.9 Å². The number of rotatable bonds is 11. The van der Waals surface area contributed by atoms with Crippen LogP contribution in [-0.2, 0) is 14.3 Å². The van der Waals surface area contributed by atoms with Gasteiger partial charge in [-0.3, -0.25) is 9.59 Å². The van der Waals surface area contributed by atoms with Crippen LogP contribution in [0, 0.1) is 16.7 Å². The number of carbonyl (C=O) groups excluding carboxylic acids is 2. The van der Waals surface area contributed by atoms with Gasteiger partial charge in [0.15, 0.2) is 0 Å². The Kier molecular flexibility index (Phi) is 8.48. The molecule has 2 unspecified atom stereocenters. The number of carbonyl (C=O) groups is 3. The van der Waals surface area contributed by atoms with Crippen LogP contribution in [-0.4, -0.2) is 42.3 Å². The van der Waals surface area contributed by atoms with Crippen molar-refractivity contribution < 1.29 is 24.2 Å². The van der Waals surface area contributed by atoms with Crippen LogP contribution in [0.5, 0.6) is 0 Å². The number of carboxylic acid groups (broad SMARTS) is 1. The maximum Gasteiger partial charge on any atom is 0.407 e. The number of alkyl carbamates (subject to hydrolysis) is 1. The predicted molar refractivity (Wildman–Crippen MR) is 131 cm³/mol. The number of ether oxygens (including phenoxy) is 1. The zero-order valence-electron chi connectivity index (χ0n) is 20.0. The summed E-state index contributed by atoms with van der Waals surface area (Å²) in [4.78, 5) is 37.0. The van der Waals surface area contributed by atoms with E-state index in [1.54, 1.807) is 13.8 Å². The lowest BCUT2D eigenvalue weighted by atomic mass is 9.87. The highest BCUT2D eigenvalue weighted by atomic mass is 16.5. The van der Waals surface area contributed by atoms with Gasteiger partial charge in [0.25, 0.3) is 0 Å². The van der Waals surface area contributed by atoms with Crippen LogP contribution in [0.1, 0.15) is 56.6 Å². The topological polar surface area (TPSA) is 129 Å². The smallest absolute Gasteiger partial charge is 0.407 e. The number of amides is 2. The summed E-state index contributed by atoms with van der Waals surface area (Å²) in [6.07, 6.45) is 0.474. The number of hydrogen-bond acceptors (Lipinski definition) is 5. The molecule has 3 N–H and O–H groups in total. The van der Waals surface area contributed by atoms with Crippen LogP contribution in [0.3, 0.4) is 0 Å². The standard InChI is InChI=1S/C27H31N3O5/c1-3-27(2,25(32)33)17-29-24(31)23(14-8-9-15-28)30-26(34)35-16-22-20-12-6-4-10-18(20)19-11-5-7-13-21(19)22/h4-7,10-13,22-23H,3,8-9,14,16-17H2,1-2H3,(H,29,31)(H,30,34)(H,32,33). The third kappa shape index (κ3) is 5.99. The van der Waals surface area contributed by atoms with Crippen LogP contribution in [0.25, 0.3) is 11.1 Å². The lowest BCUT2D eigenvalue weighted by Gasteiger charge is -2.25. The molecule has 2 atom stereocenters. The quantitative estimate of drug-likeness (QED) is 0.416. The van der Waals surface area contributed by atoms with E-state index in [-0.39, 0.29) is 31.9 Å². The molecule has 3 rings (SSSR count). The molecule has 0 spiro atoms. The van der Waals surface area contributed by atoms with E-state index in [2.05, 4.69) is 10.6 Å². The third-order valence-corrected chi connectivity index (χ3v) is 6.68. The molecule has 1 aliphatic carbocycles. The molecular weight excluding hydrogens is 446 g/mol. The molecule has 184 valence electrons. The van der Waals surface area contributed by atoms with Crippen molar-refractivity contribution in [3.8, 4) is 17.2 Å². The van der Waals surface area contributed by atoms with E-state index in [0.29, 0.717) is 12.8 Å². The van der Waals surface area contributed by atoms with Gasteiger partial charge in [-0.15, -0.1) is 0 Å². The van der Waals surface area contributed by atoms with Crippen molar-refractivity contribution in [1.29, 1.82) is 5.26 Å². The largest absolute Gasteiger partial charge is 0.481 e. The van der Waals surface area contributed by atoms with E-state index in [4.69, 9.17) is 10.00 Å². The third-order valence-electron chi connectivity index (χ3n) is 6.68. The second-order valence-corrected chi connectivity index (χ2v) is 9.01. The minimum atomic E-state index is -1.11. The Morgan fingerprint density at radius 3 is 2.26 bits per heavy atom. The molecule has 0 aliphatic heterocycles. The summed E-state index contributed by atoms with van der Waals surface area (Å²) >= 11 is 0. The molecule has 2 aromatic rings. The maximum atomic E-state index is 12.8. The first kappa shape index (κ1) is 25.8. The number of nitrogens with one attached hydrogen (secondary N) is 2. The minimum absolute atomic E-state index is 0.0706. The van der Waals surface area contributed by atoms with Gasteiger partial charge < -0.3 is 20.5 Å². The summed E-state index contributed by atoms with van der Waals surface area (Å²) in [5.41, 5.74) is 3.28. The number of benzene rings is 2. The highest BCUT2D eigenvalue weighted by Gasteiger charge is 2.33. The number of aliphatic carboxylic acids is 1. The number of fused-ring (bicyclic) bond motifs is 3. The van der Waals surface area contributed by atoms with Gasteiger partial charge in [-0.1, -0.05) is 55.5 Å². The Hall–Kier alpha value is -3.86. The van der Waals surface area contributed by atoms with E-state index in [1.807, 2.05) is 54.6 Å². The number of nitrogens with zero attached hydrogens (tertiary/aromatic N) is 1. The molecule has 2 amide bonds. The van der Waals surface area contributed by atoms with Crippen molar-refractivity contribution in [1.82, 2.24) is 10.6 Å². The fraction of sp³-hybridized carbons (Fsp3) is 0.407. The van der Waals surface area contributed by atoms with Crippen molar-refractivity contribution in [2.24, 2.45) is 5.41 Å². The molecule has 35 heavy (non-hydrogen) atoms. The van der Waals surface area contributed by atoms with Crippen molar-refractivity contribution >= 4 is 18.0 Å². The van der Waals surface area contributed by atoms with E-state index >= 15 is 0 Å². The molecule has 0 heterocycles. The van der Waals surface area contributed by atoms with Crippen molar-refractivity contribution in [2.75, 3.05) is 13.2 Å². The Balaban J connectivity index is 1.64. The van der Waals surface area contributed by atoms with Crippen molar-refractivity contribution in [3.05, 3.63) is 59.7 Å². The Morgan fingerprint density at radius 2 is 1.71 bits per heavy atom. The van der Waals surface area contributed by atoms with Crippen molar-refractivity contribution in [3.63, 3.8) is 0 Å². The van der Waals surface area contributed by atoms with Crippen LogP contribution < -0.4 is 10.6 Å². The first-order valence-electron chi connectivity index (χ1n) is 11.8. The molecule has 0 radical (unpaired) electrons. The van der Waals surface area contributed by atoms with E-state index in [1.165, 1.54) is 0 Å². The van der Waals surface area contributed by atoms with Gasteiger partial charge >= 0.3 is 12.1 Å². The van der Waals surface area contributed by atoms with Crippen LogP contribution in [0.15, 0.2) is 48.5 Å². The molecule has 1 aliphatic rings. The Morgan fingerprint density at radius 1 is 1.11 bits per heavy atom. The monoisotopic (exact) mass is 477 g/mol. The fourth-order valence-electron chi connectivity index (χ4n) is 4.19. The van der Waals surface area contributed by atoms with Crippen molar-refractivity contribution in [2.45, 2.75) is 51.5 Å². The van der Waals surface area contributed by atoms with E-state index in [0.717, 1.165) is 22.3 Å². The number of nitriles is 1. The van der Waals surface area contributed by atoms with Gasteiger partial charge in [0.1, 0.15) is 12.6 Å². The van der Waals surface area contributed by atoms with Gasteiger partial charge in [-0.05, 0) is 48.4 Å². The Labute approximate surface area is 205 Å². The van der Waals surface area contributed by atoms with Gasteiger partial charge in [0.2, 0.25) is 5.91 Å². The van der Waals surface area contributed by atoms with E-state index in [9.17, 15) is 19.5 Å². The minimum Gasteiger partial charge on any atom is -0.481 e. The number of hydrogen-bond donors (Lipinski definition) is 3. The number of carboxylic acids is 1. The van der Waals surface area contributed by atoms with E-state index < -0.39 is 29.4 Å². The van der Waals surface area contributed by atoms with Crippen LogP contribution in [0.4, 0.5) is 4.79 Å². The molecule has 8 nitrogen and oxygen atoms in total. The van der Waals surface area contributed by atoms with Gasteiger partial charge in [-0.2, -0.15) is 5.26 Å². The average Bonchev–Trinajstić information content (AvgIpc) is 3.19. The summed E-state index contributed by atoms with van der Waals surface area (Å²) in [5, 5.41) is 23.5. The predicted octanol–water partition coefficient (Wildman–Crippen LogP) is 4.20. The average molecular weight is 478 g/mol. The highest BCUT2D eigenvalue weighted by molar-refractivity contribution is 5.86. The summed E-state index contributed by atoms with van der Waals surface area (Å²) in [5.74, 6) is -1.62. The molecule has 8 heteroatoms. The summed E-state index contributed by atoms with van der Waals surface area (Å²) in [6, 6.07) is 17.1. The summed E-state index contributed by atoms with van der Waals surface area (Å²) < 4.78 is 5.54. The van der Waals surface area contributed by atoms with Crippen LogP contribution >= 0.6 is 0 Å². The van der Waals surface area contributed by atoms with Gasteiger partial charge in [0.05, 0.1) is 11.5 Å². The Bertz CT molecular complexity index is 1080. The SMILES string of the molecule is CCC(C)(CNC(=O)C(CCCC#N)NC(=O)OCC1c2ccccc2-c2ccccc21)C(=O)O. The maximum absolute atomic E-state index is 12.8. The molecule has 0 bridgehead atoms. The second-order valence-electron chi connectivity index (χ2n) is 9.01. The van der Waals surface area contributed by atoms with Crippen LogP contribution in [0.2, 0.25) is 0 Å². The lowest BCUT2D eigenvalue weighted by molar-refractivity contribution is -0.148. The van der Waals surface area contributed by atoms with Gasteiger partial charge in [-0.25, -0.2) is 4.79 Å². The number of unbranched alkanes of at least 4 members (excludes halogenated alkanes) is 1. The lowest BCUT2D eigenvalue weighted by Crippen LogP contribution is -2.50. The first-order valence-corrected chi connectivity index (χ1v) is 11.8. The molecule has 0 aromatic heterocycles. The first-order chi connectivity index (χ1) is 16.8.